The van der Waals surface area contributed by atoms with Crippen molar-refractivity contribution in [3.63, 3.8) is 0 Å². The molecule has 1 aromatic carbocycles. The van der Waals surface area contributed by atoms with Crippen LogP contribution in [0.1, 0.15) is 51.5 Å². The van der Waals surface area contributed by atoms with E-state index in [9.17, 15) is 8.78 Å². The Morgan fingerprint density at radius 2 is 1.95 bits per heavy atom. The molecule has 4 heteroatoms. The monoisotopic (exact) mass is 345 g/mol. The van der Waals surface area contributed by atoms with Crippen LogP contribution >= 0.6 is 15.9 Å². The molecule has 0 saturated heterocycles. The highest BCUT2D eigenvalue weighted by Crippen LogP contribution is 2.41. The number of halogens is 3. The first-order valence-corrected chi connectivity index (χ1v) is 8.07. The van der Waals surface area contributed by atoms with Gasteiger partial charge in [-0.25, -0.2) is 8.78 Å². The maximum atomic E-state index is 14.3. The van der Waals surface area contributed by atoms with Gasteiger partial charge >= 0.3 is 0 Å². The van der Waals surface area contributed by atoms with Crippen molar-refractivity contribution < 1.29 is 8.78 Å². The molecular weight excluding hydrogens is 324 g/mol. The number of hydrogen-bond acceptors (Lipinski definition) is 1. The quantitative estimate of drug-likeness (QED) is 0.584. The summed E-state index contributed by atoms with van der Waals surface area (Å²) in [5, 5.41) is 0. The van der Waals surface area contributed by atoms with Crippen LogP contribution in [0.15, 0.2) is 16.6 Å². The van der Waals surface area contributed by atoms with E-state index in [-0.39, 0.29) is 10.0 Å². The Balaban J connectivity index is 2.34. The number of rotatable bonds is 2. The third-order valence-electron chi connectivity index (χ3n) is 4.64. The summed E-state index contributed by atoms with van der Waals surface area (Å²) in [7, 11) is 0. The maximum Gasteiger partial charge on any atom is 0.145 e. The topological polar surface area (TPSA) is 26.0 Å². The van der Waals surface area contributed by atoms with E-state index < -0.39 is 17.2 Å². The van der Waals surface area contributed by atoms with Gasteiger partial charge in [0.25, 0.3) is 0 Å². The van der Waals surface area contributed by atoms with E-state index in [0.717, 1.165) is 19.3 Å². The largest absolute Gasteiger partial charge is 0.321 e. The zero-order chi connectivity index (χ0) is 14.9. The Labute approximate surface area is 128 Å². The molecule has 1 aliphatic carbocycles. The van der Waals surface area contributed by atoms with Crippen molar-refractivity contribution in [2.45, 2.75) is 51.5 Å². The molecule has 2 rings (SSSR count). The molecule has 2 atom stereocenters. The second-order valence-corrected chi connectivity index (χ2v) is 7.16. The van der Waals surface area contributed by atoms with Crippen LogP contribution in [0.2, 0.25) is 0 Å². The molecule has 2 unspecified atom stereocenters. The van der Waals surface area contributed by atoms with Crippen LogP contribution in [-0.2, 0) is 5.54 Å². The van der Waals surface area contributed by atoms with Gasteiger partial charge in [-0.15, -0.1) is 0 Å². The first-order chi connectivity index (χ1) is 9.35. The molecule has 20 heavy (non-hydrogen) atoms. The fourth-order valence-corrected chi connectivity index (χ4v) is 3.62. The SMILES string of the molecule is CC(C)C1CCCC(N)(c2c(F)ccc(Br)c2F)CC1. The zero-order valence-electron chi connectivity index (χ0n) is 12.1. The molecule has 1 fully saturated rings. The molecule has 1 aromatic rings. The third-order valence-corrected chi connectivity index (χ3v) is 5.26. The Bertz CT molecular complexity index is 490. The lowest BCUT2D eigenvalue weighted by Crippen LogP contribution is -2.38. The smallest absolute Gasteiger partial charge is 0.145 e. The summed E-state index contributed by atoms with van der Waals surface area (Å²) in [4.78, 5) is 0. The average Bonchev–Trinajstić information content (AvgIpc) is 2.57. The highest BCUT2D eigenvalue weighted by Gasteiger charge is 2.36. The number of benzene rings is 1. The molecule has 0 spiro atoms. The Hall–Kier alpha value is -0.480. The van der Waals surface area contributed by atoms with Crippen LogP contribution in [0.3, 0.4) is 0 Å². The second-order valence-electron chi connectivity index (χ2n) is 6.31. The summed E-state index contributed by atoms with van der Waals surface area (Å²) >= 11 is 3.13. The standard InChI is InChI=1S/C16H22BrF2N/c1-10(2)11-4-3-8-16(20,9-7-11)14-13(18)6-5-12(17)15(14)19/h5-6,10-11H,3-4,7-9,20H2,1-2H3. The fraction of sp³-hybridized carbons (Fsp3) is 0.625. The molecule has 0 heterocycles. The van der Waals surface area contributed by atoms with Gasteiger partial charge in [0.15, 0.2) is 0 Å². The van der Waals surface area contributed by atoms with Crippen molar-refractivity contribution in [1.82, 2.24) is 0 Å². The summed E-state index contributed by atoms with van der Waals surface area (Å²) in [6.07, 6.45) is 4.22. The lowest BCUT2D eigenvalue weighted by atomic mass is 9.82. The van der Waals surface area contributed by atoms with Gasteiger partial charge in [0.2, 0.25) is 0 Å². The van der Waals surface area contributed by atoms with E-state index in [4.69, 9.17) is 5.73 Å². The lowest BCUT2D eigenvalue weighted by molar-refractivity contribution is 0.315. The van der Waals surface area contributed by atoms with Crippen molar-refractivity contribution >= 4 is 15.9 Å². The van der Waals surface area contributed by atoms with Gasteiger partial charge in [-0.3, -0.25) is 0 Å². The molecule has 0 radical (unpaired) electrons. The average molecular weight is 346 g/mol. The maximum absolute atomic E-state index is 14.3. The summed E-state index contributed by atoms with van der Waals surface area (Å²) < 4.78 is 28.7. The highest BCUT2D eigenvalue weighted by molar-refractivity contribution is 9.10. The predicted molar refractivity (Wildman–Crippen MR) is 81.3 cm³/mol. The second kappa shape index (κ2) is 6.10. The van der Waals surface area contributed by atoms with Gasteiger partial charge in [0, 0.05) is 11.1 Å². The van der Waals surface area contributed by atoms with Crippen LogP contribution in [0.25, 0.3) is 0 Å². The van der Waals surface area contributed by atoms with Crippen LogP contribution in [0.5, 0.6) is 0 Å². The van der Waals surface area contributed by atoms with Crippen molar-refractivity contribution in [3.8, 4) is 0 Å². The Morgan fingerprint density at radius 1 is 1.25 bits per heavy atom. The van der Waals surface area contributed by atoms with Gasteiger partial charge < -0.3 is 5.73 Å². The minimum Gasteiger partial charge on any atom is -0.321 e. The van der Waals surface area contributed by atoms with E-state index in [2.05, 4.69) is 29.8 Å². The van der Waals surface area contributed by atoms with Crippen LogP contribution in [0, 0.1) is 23.5 Å². The van der Waals surface area contributed by atoms with Gasteiger partial charge in [-0.2, -0.15) is 0 Å². The molecule has 1 nitrogen and oxygen atoms in total. The molecule has 0 aliphatic heterocycles. The van der Waals surface area contributed by atoms with Gasteiger partial charge in [0.05, 0.1) is 4.47 Å². The number of hydrogen-bond donors (Lipinski definition) is 1. The summed E-state index contributed by atoms with van der Waals surface area (Å²) in [6, 6.07) is 2.69. The minimum absolute atomic E-state index is 0.0521. The Morgan fingerprint density at radius 3 is 2.60 bits per heavy atom. The summed E-state index contributed by atoms with van der Waals surface area (Å²) in [5.74, 6) is 0.111. The van der Waals surface area contributed by atoms with Crippen molar-refractivity contribution in [2.24, 2.45) is 17.6 Å². The first-order valence-electron chi connectivity index (χ1n) is 7.28. The van der Waals surface area contributed by atoms with Crippen molar-refractivity contribution in [2.75, 3.05) is 0 Å². The first kappa shape index (κ1) is 15.9. The third kappa shape index (κ3) is 3.06. The Kier molecular flexibility index (Phi) is 4.85. The van der Waals surface area contributed by atoms with Crippen LogP contribution in [0.4, 0.5) is 8.78 Å². The predicted octanol–water partition coefficient (Wildman–Crippen LogP) is 5.12. The van der Waals surface area contributed by atoms with Gasteiger partial charge in [-0.05, 0) is 59.2 Å². The van der Waals surface area contributed by atoms with E-state index in [1.54, 1.807) is 0 Å². The van der Waals surface area contributed by atoms with E-state index in [0.29, 0.717) is 24.7 Å². The van der Waals surface area contributed by atoms with Gasteiger partial charge in [-0.1, -0.05) is 26.7 Å². The molecule has 0 bridgehead atoms. The molecule has 2 N–H and O–H groups in total. The van der Waals surface area contributed by atoms with E-state index in [1.807, 2.05) is 0 Å². The molecule has 1 saturated carbocycles. The molecule has 0 amide bonds. The van der Waals surface area contributed by atoms with Crippen LogP contribution in [-0.4, -0.2) is 0 Å². The fourth-order valence-electron chi connectivity index (χ4n) is 3.29. The highest BCUT2D eigenvalue weighted by atomic mass is 79.9. The van der Waals surface area contributed by atoms with Gasteiger partial charge in [0.1, 0.15) is 11.6 Å². The zero-order valence-corrected chi connectivity index (χ0v) is 13.6. The number of nitrogens with two attached hydrogens (primary N) is 1. The van der Waals surface area contributed by atoms with E-state index >= 15 is 0 Å². The molecule has 0 aromatic heterocycles. The summed E-state index contributed by atoms with van der Waals surface area (Å²) in [5.41, 5.74) is 5.58. The van der Waals surface area contributed by atoms with Crippen molar-refractivity contribution in [1.29, 1.82) is 0 Å². The molecular formula is C16H22BrF2N. The molecule has 112 valence electrons. The minimum atomic E-state index is -0.887. The summed E-state index contributed by atoms with van der Waals surface area (Å²) in [6.45, 7) is 4.41. The van der Waals surface area contributed by atoms with E-state index in [1.165, 1.54) is 12.1 Å². The normalized spacial score (nSPS) is 27.6. The van der Waals surface area contributed by atoms with Crippen LogP contribution < -0.4 is 5.73 Å². The van der Waals surface area contributed by atoms with Crippen molar-refractivity contribution in [3.05, 3.63) is 33.8 Å². The lowest BCUT2D eigenvalue weighted by Gasteiger charge is -2.30. The molecule has 1 aliphatic rings.